The van der Waals surface area contributed by atoms with Crippen molar-refractivity contribution in [1.29, 1.82) is 0 Å². The predicted molar refractivity (Wildman–Crippen MR) is 89.1 cm³/mol. The minimum atomic E-state index is -0.285. The van der Waals surface area contributed by atoms with Crippen LogP contribution in [0.1, 0.15) is 25.0 Å². The minimum absolute atomic E-state index is 0.0252. The van der Waals surface area contributed by atoms with E-state index in [9.17, 15) is 9.18 Å². The van der Waals surface area contributed by atoms with Gasteiger partial charge in [0.15, 0.2) is 6.61 Å². The van der Waals surface area contributed by atoms with Gasteiger partial charge in [-0.3, -0.25) is 4.79 Å². The molecule has 23 heavy (non-hydrogen) atoms. The van der Waals surface area contributed by atoms with Crippen LogP contribution in [-0.2, 0) is 10.2 Å². The van der Waals surface area contributed by atoms with Crippen molar-refractivity contribution in [2.45, 2.75) is 26.2 Å². The molecule has 2 aromatic rings. The molecule has 2 aromatic carbocycles. The van der Waals surface area contributed by atoms with Gasteiger partial charge < -0.3 is 10.1 Å². The van der Waals surface area contributed by atoms with E-state index in [1.54, 1.807) is 12.1 Å². The summed E-state index contributed by atoms with van der Waals surface area (Å²) in [6, 6.07) is 13.9. The molecule has 0 unspecified atom stereocenters. The Balaban J connectivity index is 1.83. The quantitative estimate of drug-likeness (QED) is 0.884. The van der Waals surface area contributed by atoms with Gasteiger partial charge in [-0.05, 0) is 36.8 Å². The fraction of sp³-hybridized carbons (Fsp3) is 0.316. The number of ether oxygens (including phenoxy) is 1. The number of aryl methyl sites for hydroxylation is 1. The molecule has 0 aliphatic carbocycles. The van der Waals surface area contributed by atoms with Crippen LogP contribution in [0.2, 0.25) is 0 Å². The van der Waals surface area contributed by atoms with E-state index < -0.39 is 0 Å². The maximum Gasteiger partial charge on any atom is 0.257 e. The lowest BCUT2D eigenvalue weighted by molar-refractivity contribution is -0.123. The summed E-state index contributed by atoms with van der Waals surface area (Å²) in [5, 5.41) is 2.86. The van der Waals surface area contributed by atoms with Gasteiger partial charge in [-0.1, -0.05) is 43.7 Å². The Bertz CT molecular complexity index is 648. The molecule has 2 rings (SSSR count). The molecule has 0 saturated carbocycles. The van der Waals surface area contributed by atoms with Gasteiger partial charge in [0.05, 0.1) is 0 Å². The van der Waals surface area contributed by atoms with E-state index in [0.29, 0.717) is 12.3 Å². The van der Waals surface area contributed by atoms with Crippen molar-refractivity contribution in [3.05, 3.63) is 65.5 Å². The van der Waals surface area contributed by atoms with Gasteiger partial charge >= 0.3 is 0 Å². The second kappa shape index (κ2) is 7.27. The molecular weight excluding hydrogens is 293 g/mol. The van der Waals surface area contributed by atoms with E-state index in [1.807, 2.05) is 45.0 Å². The van der Waals surface area contributed by atoms with E-state index in [2.05, 4.69) is 5.32 Å². The molecule has 0 fully saturated rings. The van der Waals surface area contributed by atoms with Gasteiger partial charge in [-0.15, -0.1) is 0 Å². The maximum absolute atomic E-state index is 13.0. The van der Waals surface area contributed by atoms with E-state index in [1.165, 1.54) is 12.1 Å². The highest BCUT2D eigenvalue weighted by atomic mass is 19.1. The lowest BCUT2D eigenvalue weighted by Crippen LogP contribution is -2.38. The van der Waals surface area contributed by atoms with E-state index in [-0.39, 0.29) is 23.7 Å². The molecule has 3 nitrogen and oxygen atoms in total. The number of nitrogens with one attached hydrogen (secondary N) is 1. The molecule has 0 radical (unpaired) electrons. The Kier molecular flexibility index (Phi) is 5.37. The molecule has 0 spiro atoms. The molecule has 4 heteroatoms. The van der Waals surface area contributed by atoms with Crippen molar-refractivity contribution in [3.63, 3.8) is 0 Å². The molecule has 0 aromatic heterocycles. The van der Waals surface area contributed by atoms with E-state index >= 15 is 0 Å². The second-order valence-electron chi connectivity index (χ2n) is 6.27. The molecule has 1 N–H and O–H groups in total. The number of amides is 1. The van der Waals surface area contributed by atoms with Crippen LogP contribution in [0.3, 0.4) is 0 Å². The molecular formula is C19H22FNO2. The average Bonchev–Trinajstić information content (AvgIpc) is 2.53. The molecule has 0 bridgehead atoms. The molecule has 0 aliphatic heterocycles. The Morgan fingerprint density at radius 1 is 1.09 bits per heavy atom. The summed E-state index contributed by atoms with van der Waals surface area (Å²) in [6.45, 7) is 6.42. The summed E-state index contributed by atoms with van der Waals surface area (Å²) in [7, 11) is 0. The number of benzene rings is 2. The van der Waals surface area contributed by atoms with Crippen LogP contribution >= 0.6 is 0 Å². The second-order valence-corrected chi connectivity index (χ2v) is 6.27. The molecule has 122 valence electrons. The molecule has 0 heterocycles. The smallest absolute Gasteiger partial charge is 0.257 e. The highest BCUT2D eigenvalue weighted by Gasteiger charge is 2.21. The van der Waals surface area contributed by atoms with Gasteiger partial charge in [0.2, 0.25) is 0 Å². The maximum atomic E-state index is 13.0. The number of halogens is 1. The number of carbonyl (C=O) groups is 1. The third-order valence-corrected chi connectivity index (χ3v) is 3.74. The summed E-state index contributed by atoms with van der Waals surface area (Å²) in [5.74, 6) is 0.226. The zero-order valence-electron chi connectivity index (χ0n) is 13.7. The predicted octanol–water partition coefficient (Wildman–Crippen LogP) is 3.61. The highest BCUT2D eigenvalue weighted by molar-refractivity contribution is 5.77. The van der Waals surface area contributed by atoms with Crippen LogP contribution in [0.4, 0.5) is 4.39 Å². The van der Waals surface area contributed by atoms with E-state index in [4.69, 9.17) is 4.74 Å². The minimum Gasteiger partial charge on any atom is -0.484 e. The lowest BCUT2D eigenvalue weighted by Gasteiger charge is -2.25. The van der Waals surface area contributed by atoms with Crippen LogP contribution in [-0.4, -0.2) is 19.1 Å². The third kappa shape index (κ3) is 5.09. The Morgan fingerprint density at radius 2 is 1.70 bits per heavy atom. The third-order valence-electron chi connectivity index (χ3n) is 3.74. The monoisotopic (exact) mass is 315 g/mol. The molecule has 1 amide bonds. The Morgan fingerprint density at radius 3 is 2.30 bits per heavy atom. The van der Waals surface area contributed by atoms with Crippen LogP contribution < -0.4 is 10.1 Å². The topological polar surface area (TPSA) is 38.3 Å². The fourth-order valence-electron chi connectivity index (χ4n) is 2.16. The number of carbonyl (C=O) groups excluding carboxylic acids is 1. The van der Waals surface area contributed by atoms with Crippen molar-refractivity contribution in [1.82, 2.24) is 5.32 Å². The summed E-state index contributed by atoms with van der Waals surface area (Å²) in [5.41, 5.74) is 1.83. The van der Waals surface area contributed by atoms with Crippen molar-refractivity contribution in [2.24, 2.45) is 0 Å². The first-order valence-electron chi connectivity index (χ1n) is 7.59. The van der Waals surface area contributed by atoms with Crippen molar-refractivity contribution >= 4 is 5.91 Å². The zero-order valence-corrected chi connectivity index (χ0v) is 13.7. The normalized spacial score (nSPS) is 11.1. The van der Waals surface area contributed by atoms with Crippen LogP contribution in [0.15, 0.2) is 48.5 Å². The summed E-state index contributed by atoms with van der Waals surface area (Å²) in [4.78, 5) is 11.9. The van der Waals surface area contributed by atoms with Crippen molar-refractivity contribution in [3.8, 4) is 5.75 Å². The van der Waals surface area contributed by atoms with Gasteiger partial charge in [0.25, 0.3) is 5.91 Å². The first-order valence-corrected chi connectivity index (χ1v) is 7.59. The SMILES string of the molecule is Cc1ccc(OCC(=O)NCC(C)(C)c2ccc(F)cc2)cc1. The number of hydrogen-bond acceptors (Lipinski definition) is 2. The summed E-state index contributed by atoms with van der Waals surface area (Å²) >= 11 is 0. The largest absolute Gasteiger partial charge is 0.484 e. The standard InChI is InChI=1S/C19H22FNO2/c1-14-4-10-17(11-5-14)23-12-18(22)21-13-19(2,3)15-6-8-16(20)9-7-15/h4-11H,12-13H2,1-3H3,(H,21,22). The summed E-state index contributed by atoms with van der Waals surface area (Å²) < 4.78 is 18.4. The first-order chi connectivity index (χ1) is 10.9. The zero-order chi connectivity index (χ0) is 16.9. The first kappa shape index (κ1) is 17.0. The molecule has 0 atom stereocenters. The molecule has 0 aliphatic rings. The fourth-order valence-corrected chi connectivity index (χ4v) is 2.16. The highest BCUT2D eigenvalue weighted by Crippen LogP contribution is 2.22. The van der Waals surface area contributed by atoms with Crippen LogP contribution in [0, 0.1) is 12.7 Å². The average molecular weight is 315 g/mol. The van der Waals surface area contributed by atoms with Gasteiger partial charge in [-0.25, -0.2) is 4.39 Å². The van der Waals surface area contributed by atoms with Gasteiger partial charge in [0, 0.05) is 12.0 Å². The number of hydrogen-bond donors (Lipinski definition) is 1. The van der Waals surface area contributed by atoms with Crippen molar-refractivity contribution in [2.75, 3.05) is 13.2 Å². The summed E-state index contributed by atoms with van der Waals surface area (Å²) in [6.07, 6.45) is 0. The van der Waals surface area contributed by atoms with Crippen molar-refractivity contribution < 1.29 is 13.9 Å². The van der Waals surface area contributed by atoms with E-state index in [0.717, 1.165) is 11.1 Å². The van der Waals surface area contributed by atoms with Gasteiger partial charge in [-0.2, -0.15) is 0 Å². The lowest BCUT2D eigenvalue weighted by atomic mass is 9.84. The molecule has 0 saturated heterocycles. The van der Waals surface area contributed by atoms with Crippen LogP contribution in [0.5, 0.6) is 5.75 Å². The van der Waals surface area contributed by atoms with Gasteiger partial charge in [0.1, 0.15) is 11.6 Å². The Labute approximate surface area is 136 Å². The van der Waals surface area contributed by atoms with Crippen LogP contribution in [0.25, 0.3) is 0 Å². The Hall–Kier alpha value is -2.36. The number of rotatable bonds is 6.